The number of thioether (sulfide) groups is 1. The summed E-state index contributed by atoms with van der Waals surface area (Å²) in [4.78, 5) is 12.1. The number of benzene rings is 2. The minimum Gasteiger partial charge on any atom is -0.497 e. The number of aromatic nitrogens is 4. The molecular formula is C19H15N5O4S. The summed E-state index contributed by atoms with van der Waals surface area (Å²) < 4.78 is 16.1. The van der Waals surface area contributed by atoms with Gasteiger partial charge in [-0.3, -0.25) is 10.1 Å². The van der Waals surface area contributed by atoms with Crippen LogP contribution in [0.4, 0.5) is 6.01 Å². The summed E-state index contributed by atoms with van der Waals surface area (Å²) in [6, 6.07) is 16.5. The Hall–Kier alpha value is -3.66. The van der Waals surface area contributed by atoms with E-state index in [9.17, 15) is 4.79 Å². The molecular weight excluding hydrogens is 394 g/mol. The molecule has 2 heterocycles. The maximum Gasteiger partial charge on any atom is 0.322 e. The number of nitrogens with one attached hydrogen (secondary N) is 1. The second-order valence-corrected chi connectivity index (χ2v) is 6.64. The zero-order valence-electron chi connectivity index (χ0n) is 15.2. The van der Waals surface area contributed by atoms with Crippen molar-refractivity contribution in [2.24, 2.45) is 0 Å². The quantitative estimate of drug-likeness (QED) is 0.458. The standard InChI is InChI=1S/C19H15N5O4S/c1-26-14-9-7-13(8-10-14)17-22-24-19(28-17)29-11-15(25)20-18-23-21-16(27-18)12-5-3-2-4-6-12/h2-10H,11H2,1H3,(H,20,23,25). The number of methoxy groups -OCH3 is 1. The van der Waals surface area contributed by atoms with Gasteiger partial charge >= 0.3 is 6.01 Å². The lowest BCUT2D eigenvalue weighted by Gasteiger charge is -1.99. The number of hydrogen-bond donors (Lipinski definition) is 1. The Morgan fingerprint density at radius 3 is 2.38 bits per heavy atom. The second kappa shape index (κ2) is 8.57. The number of anilines is 1. The molecule has 29 heavy (non-hydrogen) atoms. The summed E-state index contributed by atoms with van der Waals surface area (Å²) in [7, 11) is 1.60. The van der Waals surface area contributed by atoms with Crippen molar-refractivity contribution in [3.8, 4) is 28.7 Å². The maximum atomic E-state index is 12.1. The van der Waals surface area contributed by atoms with Gasteiger partial charge in [0.05, 0.1) is 12.9 Å². The molecule has 0 fully saturated rings. The third kappa shape index (κ3) is 4.61. The molecule has 0 unspecified atom stereocenters. The van der Waals surface area contributed by atoms with E-state index in [1.165, 1.54) is 0 Å². The van der Waals surface area contributed by atoms with Gasteiger partial charge in [0.2, 0.25) is 17.7 Å². The van der Waals surface area contributed by atoms with E-state index in [-0.39, 0.29) is 22.9 Å². The van der Waals surface area contributed by atoms with Gasteiger partial charge in [-0.25, -0.2) is 0 Å². The second-order valence-electron chi connectivity index (χ2n) is 5.72. The van der Waals surface area contributed by atoms with Crippen molar-refractivity contribution in [1.29, 1.82) is 0 Å². The number of carbonyl (C=O) groups is 1. The molecule has 2 aromatic carbocycles. The number of ether oxygens (including phenoxy) is 1. The Morgan fingerprint density at radius 1 is 0.931 bits per heavy atom. The maximum absolute atomic E-state index is 12.1. The summed E-state index contributed by atoms with van der Waals surface area (Å²) in [5.74, 6) is 1.14. The third-order valence-corrected chi connectivity index (χ3v) is 4.58. The van der Waals surface area contributed by atoms with E-state index in [0.29, 0.717) is 11.8 Å². The van der Waals surface area contributed by atoms with Crippen molar-refractivity contribution >= 4 is 23.7 Å². The van der Waals surface area contributed by atoms with E-state index in [2.05, 4.69) is 25.7 Å². The van der Waals surface area contributed by atoms with Crippen LogP contribution in [0.15, 0.2) is 68.7 Å². The normalized spacial score (nSPS) is 10.7. The molecule has 1 amide bonds. The molecule has 0 atom stereocenters. The van der Waals surface area contributed by atoms with Crippen LogP contribution in [0.2, 0.25) is 0 Å². The fourth-order valence-electron chi connectivity index (χ4n) is 2.37. The van der Waals surface area contributed by atoms with Crippen LogP contribution in [0.1, 0.15) is 0 Å². The van der Waals surface area contributed by atoms with Gasteiger partial charge in [0.1, 0.15) is 5.75 Å². The molecule has 0 bridgehead atoms. The molecule has 4 rings (SSSR count). The van der Waals surface area contributed by atoms with Gasteiger partial charge in [-0.05, 0) is 36.4 Å². The van der Waals surface area contributed by atoms with Gasteiger partial charge < -0.3 is 13.6 Å². The number of hydrogen-bond acceptors (Lipinski definition) is 9. The van der Waals surface area contributed by atoms with Gasteiger partial charge in [0.25, 0.3) is 5.22 Å². The smallest absolute Gasteiger partial charge is 0.322 e. The first-order chi connectivity index (χ1) is 14.2. The summed E-state index contributed by atoms with van der Waals surface area (Å²) >= 11 is 1.11. The highest BCUT2D eigenvalue weighted by Crippen LogP contribution is 2.25. The number of amides is 1. The van der Waals surface area contributed by atoms with E-state index in [1.807, 2.05) is 42.5 Å². The van der Waals surface area contributed by atoms with Crippen molar-refractivity contribution in [1.82, 2.24) is 20.4 Å². The van der Waals surface area contributed by atoms with Crippen LogP contribution in [0, 0.1) is 0 Å². The lowest BCUT2D eigenvalue weighted by atomic mass is 10.2. The number of carbonyl (C=O) groups excluding carboxylic acids is 1. The summed E-state index contributed by atoms with van der Waals surface area (Å²) in [6.07, 6.45) is 0. The largest absolute Gasteiger partial charge is 0.497 e. The van der Waals surface area contributed by atoms with Gasteiger partial charge in [0.15, 0.2) is 0 Å². The first-order valence-corrected chi connectivity index (χ1v) is 9.49. The van der Waals surface area contributed by atoms with E-state index in [0.717, 1.165) is 28.6 Å². The van der Waals surface area contributed by atoms with E-state index in [4.69, 9.17) is 13.6 Å². The van der Waals surface area contributed by atoms with Crippen LogP contribution >= 0.6 is 11.8 Å². The fraction of sp³-hybridized carbons (Fsp3) is 0.105. The SMILES string of the molecule is COc1ccc(-c2nnc(SCC(=O)Nc3nnc(-c4ccccc4)o3)o2)cc1. The highest BCUT2D eigenvalue weighted by molar-refractivity contribution is 7.99. The topological polar surface area (TPSA) is 116 Å². The van der Waals surface area contributed by atoms with Crippen LogP contribution in [0.3, 0.4) is 0 Å². The van der Waals surface area contributed by atoms with E-state index < -0.39 is 0 Å². The fourth-order valence-corrected chi connectivity index (χ4v) is 2.94. The van der Waals surface area contributed by atoms with Crippen LogP contribution in [-0.2, 0) is 4.79 Å². The molecule has 0 saturated carbocycles. The zero-order valence-corrected chi connectivity index (χ0v) is 16.0. The predicted molar refractivity (Wildman–Crippen MR) is 105 cm³/mol. The van der Waals surface area contributed by atoms with Crippen LogP contribution < -0.4 is 10.1 Å². The molecule has 0 spiro atoms. The van der Waals surface area contributed by atoms with Crippen LogP contribution in [-0.4, -0.2) is 39.2 Å². The van der Waals surface area contributed by atoms with Gasteiger partial charge in [0, 0.05) is 11.1 Å². The summed E-state index contributed by atoms with van der Waals surface area (Å²) in [5, 5.41) is 18.5. The zero-order chi connectivity index (χ0) is 20.1. The highest BCUT2D eigenvalue weighted by Gasteiger charge is 2.14. The van der Waals surface area contributed by atoms with Gasteiger partial charge in [-0.1, -0.05) is 35.1 Å². The molecule has 0 aliphatic heterocycles. The Balaban J connectivity index is 1.32. The molecule has 0 aliphatic rings. The molecule has 10 heteroatoms. The summed E-state index contributed by atoms with van der Waals surface area (Å²) in [5.41, 5.74) is 1.53. The van der Waals surface area contributed by atoms with Crippen molar-refractivity contribution in [3.05, 3.63) is 54.6 Å². The molecule has 146 valence electrons. The Kier molecular flexibility index (Phi) is 5.52. The molecule has 4 aromatic rings. The predicted octanol–water partition coefficient (Wildman–Crippen LogP) is 3.53. The van der Waals surface area contributed by atoms with E-state index in [1.54, 1.807) is 19.2 Å². The number of rotatable bonds is 7. The monoisotopic (exact) mass is 409 g/mol. The summed E-state index contributed by atoms with van der Waals surface area (Å²) in [6.45, 7) is 0. The molecule has 1 N–H and O–H groups in total. The van der Waals surface area contributed by atoms with Gasteiger partial charge in [-0.15, -0.1) is 15.3 Å². The third-order valence-electron chi connectivity index (χ3n) is 3.76. The Bertz CT molecular complexity index is 1100. The molecule has 2 aromatic heterocycles. The Labute approximate surface area is 169 Å². The Morgan fingerprint density at radius 2 is 1.62 bits per heavy atom. The van der Waals surface area contributed by atoms with Crippen molar-refractivity contribution in [3.63, 3.8) is 0 Å². The molecule has 9 nitrogen and oxygen atoms in total. The van der Waals surface area contributed by atoms with E-state index >= 15 is 0 Å². The van der Waals surface area contributed by atoms with Gasteiger partial charge in [-0.2, -0.15) is 0 Å². The minimum absolute atomic E-state index is 0.0268. The molecule has 0 aliphatic carbocycles. The first-order valence-electron chi connectivity index (χ1n) is 8.51. The lowest BCUT2D eigenvalue weighted by molar-refractivity contribution is -0.113. The average Bonchev–Trinajstić information content (AvgIpc) is 3.43. The van der Waals surface area contributed by atoms with Crippen molar-refractivity contribution in [2.45, 2.75) is 5.22 Å². The van der Waals surface area contributed by atoms with Crippen molar-refractivity contribution in [2.75, 3.05) is 18.2 Å². The van der Waals surface area contributed by atoms with Crippen LogP contribution in [0.5, 0.6) is 5.75 Å². The van der Waals surface area contributed by atoms with Crippen molar-refractivity contribution < 1.29 is 18.4 Å². The molecule has 0 radical (unpaired) electrons. The lowest BCUT2D eigenvalue weighted by Crippen LogP contribution is -2.14. The van der Waals surface area contributed by atoms with Crippen LogP contribution in [0.25, 0.3) is 22.9 Å². The average molecular weight is 409 g/mol. The minimum atomic E-state index is -0.331. The molecule has 0 saturated heterocycles. The number of nitrogens with zero attached hydrogens (tertiary/aromatic N) is 4. The first kappa shape index (κ1) is 18.7. The highest BCUT2D eigenvalue weighted by atomic mass is 32.2.